The van der Waals surface area contributed by atoms with Gasteiger partial charge in [-0.3, -0.25) is 0 Å². The maximum atomic E-state index is 10.3. The van der Waals surface area contributed by atoms with Crippen LogP contribution in [-0.2, 0) is 9.47 Å². The van der Waals surface area contributed by atoms with E-state index in [0.717, 1.165) is 12.8 Å². The maximum absolute atomic E-state index is 10.3. The third kappa shape index (κ3) is 2.99. The summed E-state index contributed by atoms with van der Waals surface area (Å²) in [6, 6.07) is 0. The molecule has 0 aromatic heterocycles. The van der Waals surface area contributed by atoms with Gasteiger partial charge in [0.05, 0.1) is 12.2 Å². The van der Waals surface area contributed by atoms with Crippen molar-refractivity contribution in [3.8, 4) is 0 Å². The van der Waals surface area contributed by atoms with Gasteiger partial charge in [0.25, 0.3) is 0 Å². The van der Waals surface area contributed by atoms with E-state index < -0.39 is 5.43 Å². The highest BCUT2D eigenvalue weighted by molar-refractivity contribution is 6.61. The number of halogens is 1. The van der Waals surface area contributed by atoms with Gasteiger partial charge in [-0.15, -0.1) is 0 Å². The molecule has 0 heterocycles. The van der Waals surface area contributed by atoms with Gasteiger partial charge < -0.3 is 9.47 Å². The number of hydrogen-bond acceptors (Lipinski definition) is 3. The molecule has 0 aliphatic heterocycles. The highest BCUT2D eigenvalue weighted by Crippen LogP contribution is 2.27. The summed E-state index contributed by atoms with van der Waals surface area (Å²) in [5, 5.41) is 0. The molecule has 0 atom stereocenters. The lowest BCUT2D eigenvalue weighted by Gasteiger charge is -2.34. The second-order valence-corrected chi connectivity index (χ2v) is 3.56. The second-order valence-electron chi connectivity index (χ2n) is 3.26. The van der Waals surface area contributed by atoms with Gasteiger partial charge in [-0.25, -0.2) is 4.79 Å². The van der Waals surface area contributed by atoms with E-state index in [-0.39, 0.29) is 18.3 Å². The molecule has 1 aliphatic rings. The lowest BCUT2D eigenvalue weighted by atomic mass is 9.92. The van der Waals surface area contributed by atoms with Gasteiger partial charge in [0, 0.05) is 24.4 Å². The quantitative estimate of drug-likeness (QED) is 0.644. The Hall–Kier alpha value is -0.280. The lowest BCUT2D eigenvalue weighted by molar-refractivity contribution is -0.0925. The van der Waals surface area contributed by atoms with Gasteiger partial charge in [0.15, 0.2) is 0 Å². The zero-order chi connectivity index (χ0) is 9.14. The van der Waals surface area contributed by atoms with Crippen LogP contribution < -0.4 is 0 Å². The Morgan fingerprint density at radius 3 is 2.42 bits per heavy atom. The van der Waals surface area contributed by atoms with Crippen LogP contribution in [0, 0.1) is 0 Å². The smallest absolute Gasteiger partial charge is 0.404 e. The molecule has 0 radical (unpaired) electrons. The van der Waals surface area contributed by atoms with Crippen LogP contribution in [0.5, 0.6) is 0 Å². The third-order valence-electron chi connectivity index (χ3n) is 1.78. The van der Waals surface area contributed by atoms with Crippen LogP contribution in [0.15, 0.2) is 0 Å². The van der Waals surface area contributed by atoms with Crippen molar-refractivity contribution in [2.45, 2.75) is 45.0 Å². The fraction of sp³-hybridized carbons (Fsp3) is 0.875. The average Bonchev–Trinajstić information content (AvgIpc) is 1.80. The molecule has 0 saturated heterocycles. The Balaban J connectivity index is 2.08. The molecule has 1 fully saturated rings. The SMILES string of the molecule is CC(C)OC1CC(OC(=O)Cl)C1. The molecule has 0 bridgehead atoms. The van der Waals surface area contributed by atoms with Crippen molar-refractivity contribution in [2.24, 2.45) is 0 Å². The van der Waals surface area contributed by atoms with Crippen LogP contribution >= 0.6 is 11.6 Å². The summed E-state index contributed by atoms with van der Waals surface area (Å²) in [6.07, 6.45) is 2.00. The molecule has 0 N–H and O–H groups in total. The molecular weight excluding hydrogens is 180 g/mol. The summed E-state index contributed by atoms with van der Waals surface area (Å²) in [7, 11) is 0. The van der Waals surface area contributed by atoms with Gasteiger partial charge >= 0.3 is 5.43 Å². The van der Waals surface area contributed by atoms with Crippen LogP contribution in [0.4, 0.5) is 4.79 Å². The van der Waals surface area contributed by atoms with Crippen LogP contribution in [0.2, 0.25) is 0 Å². The van der Waals surface area contributed by atoms with E-state index in [9.17, 15) is 4.79 Å². The molecule has 0 spiro atoms. The monoisotopic (exact) mass is 192 g/mol. The first-order chi connectivity index (χ1) is 5.58. The summed E-state index contributed by atoms with van der Waals surface area (Å²) < 4.78 is 10.2. The van der Waals surface area contributed by atoms with E-state index >= 15 is 0 Å². The van der Waals surface area contributed by atoms with E-state index in [0.29, 0.717) is 0 Å². The normalized spacial score (nSPS) is 28.3. The highest BCUT2D eigenvalue weighted by atomic mass is 35.5. The molecule has 0 aromatic rings. The zero-order valence-corrected chi connectivity index (χ0v) is 8.00. The van der Waals surface area contributed by atoms with Crippen LogP contribution in [-0.4, -0.2) is 23.7 Å². The molecular formula is C8H13ClO3. The molecule has 0 amide bonds. The Kier molecular flexibility index (Phi) is 3.35. The third-order valence-corrected chi connectivity index (χ3v) is 1.86. The summed E-state index contributed by atoms with van der Waals surface area (Å²) in [5.74, 6) is 0. The van der Waals surface area contributed by atoms with Crippen molar-refractivity contribution >= 4 is 17.0 Å². The van der Waals surface area contributed by atoms with Crippen LogP contribution in [0.25, 0.3) is 0 Å². The lowest BCUT2D eigenvalue weighted by Crippen LogP contribution is -2.39. The zero-order valence-electron chi connectivity index (χ0n) is 7.25. The van der Waals surface area contributed by atoms with Gasteiger partial charge in [-0.05, 0) is 13.8 Å². The van der Waals surface area contributed by atoms with Crippen LogP contribution in [0.1, 0.15) is 26.7 Å². The predicted molar refractivity (Wildman–Crippen MR) is 45.4 cm³/mol. The first-order valence-corrected chi connectivity index (χ1v) is 4.47. The number of rotatable bonds is 3. The van der Waals surface area contributed by atoms with Crippen molar-refractivity contribution < 1.29 is 14.3 Å². The van der Waals surface area contributed by atoms with E-state index in [1.807, 2.05) is 13.8 Å². The number of carbonyl (C=O) groups is 1. The molecule has 4 heteroatoms. The summed E-state index contributed by atoms with van der Waals surface area (Å²) in [4.78, 5) is 10.3. The van der Waals surface area contributed by atoms with E-state index in [4.69, 9.17) is 21.1 Å². The molecule has 12 heavy (non-hydrogen) atoms. The Bertz CT molecular complexity index is 164. The highest BCUT2D eigenvalue weighted by Gasteiger charge is 2.33. The second kappa shape index (κ2) is 4.10. The number of ether oxygens (including phenoxy) is 2. The van der Waals surface area contributed by atoms with Gasteiger partial charge in [-0.2, -0.15) is 0 Å². The Morgan fingerprint density at radius 1 is 1.42 bits per heavy atom. The van der Waals surface area contributed by atoms with E-state index in [2.05, 4.69) is 0 Å². The minimum absolute atomic E-state index is 0.0289. The van der Waals surface area contributed by atoms with Crippen LogP contribution in [0.3, 0.4) is 0 Å². The molecule has 0 unspecified atom stereocenters. The minimum Gasteiger partial charge on any atom is -0.450 e. The van der Waals surface area contributed by atoms with Crippen molar-refractivity contribution in [2.75, 3.05) is 0 Å². The van der Waals surface area contributed by atoms with E-state index in [1.165, 1.54) is 0 Å². The summed E-state index contributed by atoms with van der Waals surface area (Å²) in [6.45, 7) is 3.97. The Morgan fingerprint density at radius 2 is 2.00 bits per heavy atom. The van der Waals surface area contributed by atoms with Gasteiger partial charge in [0.2, 0.25) is 0 Å². The molecule has 1 saturated carbocycles. The first kappa shape index (κ1) is 9.81. The molecule has 0 aromatic carbocycles. The fourth-order valence-corrected chi connectivity index (χ4v) is 1.37. The van der Waals surface area contributed by atoms with Gasteiger partial charge in [0.1, 0.15) is 6.10 Å². The standard InChI is InChI=1S/C8H13ClO3/c1-5(2)11-6-3-7(4-6)12-8(9)10/h5-7H,3-4H2,1-2H3. The van der Waals surface area contributed by atoms with Gasteiger partial charge in [-0.1, -0.05) is 0 Å². The molecule has 1 rings (SSSR count). The maximum Gasteiger partial charge on any atom is 0.404 e. The Labute approximate surface area is 77.0 Å². The van der Waals surface area contributed by atoms with Crippen molar-refractivity contribution in [1.29, 1.82) is 0 Å². The number of hydrogen-bond donors (Lipinski definition) is 0. The van der Waals surface area contributed by atoms with Crippen molar-refractivity contribution in [1.82, 2.24) is 0 Å². The largest absolute Gasteiger partial charge is 0.450 e. The van der Waals surface area contributed by atoms with E-state index in [1.54, 1.807) is 0 Å². The fourth-order valence-electron chi connectivity index (χ4n) is 1.24. The minimum atomic E-state index is -0.719. The first-order valence-electron chi connectivity index (χ1n) is 4.09. The molecule has 3 nitrogen and oxygen atoms in total. The van der Waals surface area contributed by atoms with Crippen molar-refractivity contribution in [3.05, 3.63) is 0 Å². The average molecular weight is 193 g/mol. The summed E-state index contributed by atoms with van der Waals surface area (Å²) >= 11 is 5.04. The molecule has 70 valence electrons. The topological polar surface area (TPSA) is 35.5 Å². The number of carbonyl (C=O) groups excluding carboxylic acids is 1. The molecule has 1 aliphatic carbocycles. The summed E-state index contributed by atoms with van der Waals surface area (Å²) in [5.41, 5.74) is -0.719. The van der Waals surface area contributed by atoms with Crippen molar-refractivity contribution in [3.63, 3.8) is 0 Å². The predicted octanol–water partition coefficient (Wildman–Crippen LogP) is 2.32.